The summed E-state index contributed by atoms with van der Waals surface area (Å²) >= 11 is 1.42. The van der Waals surface area contributed by atoms with Gasteiger partial charge >= 0.3 is 5.97 Å². The molecule has 1 saturated carbocycles. The fraction of sp³-hybridized carbons (Fsp3) is 0.500. The SMILES string of the molecule is CCC1CCC(NC(=O)c2ccc3c(c2)NC(=O)CS3)(C(=O)O)CC1. The van der Waals surface area contributed by atoms with E-state index in [-0.39, 0.29) is 5.91 Å². The van der Waals surface area contributed by atoms with Crippen LogP contribution in [-0.4, -0.2) is 34.2 Å². The number of nitrogens with one attached hydrogen (secondary N) is 2. The van der Waals surface area contributed by atoms with Gasteiger partial charge in [-0.2, -0.15) is 0 Å². The minimum atomic E-state index is -1.20. The van der Waals surface area contributed by atoms with Crippen molar-refractivity contribution in [3.8, 4) is 0 Å². The molecule has 3 N–H and O–H groups in total. The highest BCUT2D eigenvalue weighted by Crippen LogP contribution is 2.35. The Morgan fingerprint density at radius 1 is 1.36 bits per heavy atom. The maximum absolute atomic E-state index is 12.6. The van der Waals surface area contributed by atoms with Gasteiger partial charge in [-0.05, 0) is 49.8 Å². The lowest BCUT2D eigenvalue weighted by molar-refractivity contribution is -0.146. The van der Waals surface area contributed by atoms with E-state index < -0.39 is 17.4 Å². The van der Waals surface area contributed by atoms with E-state index in [9.17, 15) is 19.5 Å². The summed E-state index contributed by atoms with van der Waals surface area (Å²) in [5.74, 6) is -0.600. The molecule has 2 amide bonds. The third-order valence-corrected chi connectivity index (χ3v) is 6.25. The van der Waals surface area contributed by atoms with Gasteiger partial charge in [-0.15, -0.1) is 11.8 Å². The van der Waals surface area contributed by atoms with Gasteiger partial charge in [0.05, 0.1) is 11.4 Å². The van der Waals surface area contributed by atoms with Crippen molar-refractivity contribution in [2.24, 2.45) is 5.92 Å². The Morgan fingerprint density at radius 2 is 2.08 bits per heavy atom. The molecule has 1 heterocycles. The third-order valence-electron chi connectivity index (χ3n) is 5.17. The first-order chi connectivity index (χ1) is 11.9. The summed E-state index contributed by atoms with van der Waals surface area (Å²) in [6.07, 6.45) is 3.54. The summed E-state index contributed by atoms with van der Waals surface area (Å²) in [6.45, 7) is 2.11. The normalized spacial score (nSPS) is 25.6. The van der Waals surface area contributed by atoms with Gasteiger partial charge < -0.3 is 15.7 Å². The highest BCUT2D eigenvalue weighted by Gasteiger charge is 2.43. The Hall–Kier alpha value is -2.02. The van der Waals surface area contributed by atoms with Gasteiger partial charge in [0.1, 0.15) is 5.54 Å². The second kappa shape index (κ2) is 7.07. The second-order valence-electron chi connectivity index (χ2n) is 6.74. The van der Waals surface area contributed by atoms with Crippen LogP contribution in [0.4, 0.5) is 5.69 Å². The molecule has 3 rings (SSSR count). The van der Waals surface area contributed by atoms with E-state index in [0.29, 0.717) is 35.8 Å². The number of carbonyl (C=O) groups excluding carboxylic acids is 2. The molecular formula is C18H22N2O4S. The first kappa shape index (κ1) is 17.8. The molecule has 0 radical (unpaired) electrons. The van der Waals surface area contributed by atoms with Gasteiger partial charge in [-0.1, -0.05) is 13.3 Å². The van der Waals surface area contributed by atoms with Crippen molar-refractivity contribution in [2.75, 3.05) is 11.1 Å². The zero-order valence-corrected chi connectivity index (χ0v) is 14.9. The Balaban J connectivity index is 1.77. The molecule has 7 heteroatoms. The minimum Gasteiger partial charge on any atom is -0.480 e. The van der Waals surface area contributed by atoms with Gasteiger partial charge in [0.2, 0.25) is 5.91 Å². The Kier molecular flexibility index (Phi) is 5.03. The van der Waals surface area contributed by atoms with Crippen LogP contribution in [0.3, 0.4) is 0 Å². The van der Waals surface area contributed by atoms with Gasteiger partial charge in [-0.3, -0.25) is 9.59 Å². The van der Waals surface area contributed by atoms with Crippen molar-refractivity contribution in [3.05, 3.63) is 23.8 Å². The molecule has 25 heavy (non-hydrogen) atoms. The zero-order valence-electron chi connectivity index (χ0n) is 14.1. The van der Waals surface area contributed by atoms with E-state index in [1.807, 2.05) is 0 Å². The molecule has 0 aromatic heterocycles. The third kappa shape index (κ3) is 3.66. The monoisotopic (exact) mass is 362 g/mol. The second-order valence-corrected chi connectivity index (χ2v) is 7.76. The molecule has 0 bridgehead atoms. The van der Waals surface area contributed by atoms with E-state index in [2.05, 4.69) is 17.6 Å². The van der Waals surface area contributed by atoms with Crippen LogP contribution < -0.4 is 10.6 Å². The standard InChI is InChI=1S/C18H22N2O4S/c1-2-11-5-7-18(8-6-11,17(23)24)20-16(22)12-3-4-14-13(9-12)19-15(21)10-25-14/h3-4,9,11H,2,5-8,10H2,1H3,(H,19,21)(H,20,22)(H,23,24). The maximum atomic E-state index is 12.6. The number of thioether (sulfide) groups is 1. The molecule has 6 nitrogen and oxygen atoms in total. The number of anilines is 1. The molecule has 1 aromatic carbocycles. The lowest BCUT2D eigenvalue weighted by atomic mass is 9.75. The highest BCUT2D eigenvalue weighted by atomic mass is 32.2. The average Bonchev–Trinajstić information content (AvgIpc) is 2.61. The topological polar surface area (TPSA) is 95.5 Å². The summed E-state index contributed by atoms with van der Waals surface area (Å²) in [4.78, 5) is 36.9. The summed E-state index contributed by atoms with van der Waals surface area (Å²) in [5.41, 5.74) is -0.232. The summed E-state index contributed by atoms with van der Waals surface area (Å²) < 4.78 is 0. The van der Waals surface area contributed by atoms with Gasteiger partial charge in [0.25, 0.3) is 5.91 Å². The van der Waals surface area contributed by atoms with Crippen LogP contribution in [-0.2, 0) is 9.59 Å². The van der Waals surface area contributed by atoms with Crippen LogP contribution in [0, 0.1) is 5.92 Å². The van der Waals surface area contributed by atoms with Gasteiger partial charge in [0, 0.05) is 10.5 Å². The summed E-state index contributed by atoms with van der Waals surface area (Å²) in [5, 5.41) is 15.2. The largest absolute Gasteiger partial charge is 0.480 e. The quantitative estimate of drug-likeness (QED) is 0.765. The minimum absolute atomic E-state index is 0.102. The van der Waals surface area contributed by atoms with Crippen molar-refractivity contribution in [2.45, 2.75) is 49.5 Å². The number of hydrogen-bond donors (Lipinski definition) is 3. The van der Waals surface area contributed by atoms with Crippen molar-refractivity contribution in [3.63, 3.8) is 0 Å². The molecular weight excluding hydrogens is 340 g/mol. The molecule has 1 aromatic rings. The number of carbonyl (C=O) groups is 3. The molecule has 1 fully saturated rings. The molecule has 2 aliphatic rings. The number of hydrogen-bond acceptors (Lipinski definition) is 4. The summed E-state index contributed by atoms with van der Waals surface area (Å²) in [7, 11) is 0. The Morgan fingerprint density at radius 3 is 2.72 bits per heavy atom. The number of rotatable bonds is 4. The van der Waals surface area contributed by atoms with Gasteiger partial charge in [0.15, 0.2) is 0 Å². The molecule has 0 atom stereocenters. The number of aliphatic carboxylic acids is 1. The Labute approximate surface area is 150 Å². The average molecular weight is 362 g/mol. The Bertz CT molecular complexity index is 711. The number of benzene rings is 1. The van der Waals surface area contributed by atoms with Crippen LogP contribution in [0.2, 0.25) is 0 Å². The maximum Gasteiger partial charge on any atom is 0.329 e. The molecule has 1 aliphatic carbocycles. The fourth-order valence-corrected chi connectivity index (χ4v) is 4.27. The first-order valence-corrected chi connectivity index (χ1v) is 9.54. The van der Waals surface area contributed by atoms with E-state index in [1.54, 1.807) is 18.2 Å². The number of carboxylic acid groups (broad SMARTS) is 1. The van der Waals surface area contributed by atoms with Gasteiger partial charge in [-0.25, -0.2) is 4.79 Å². The lowest BCUT2D eigenvalue weighted by Gasteiger charge is -2.37. The number of carboxylic acids is 1. The van der Waals surface area contributed by atoms with Crippen LogP contribution in [0.15, 0.2) is 23.1 Å². The molecule has 134 valence electrons. The van der Waals surface area contributed by atoms with E-state index in [1.165, 1.54) is 11.8 Å². The molecule has 0 spiro atoms. The predicted octanol–water partition coefficient (Wildman–Crippen LogP) is 2.88. The van der Waals surface area contributed by atoms with E-state index in [4.69, 9.17) is 0 Å². The van der Waals surface area contributed by atoms with E-state index >= 15 is 0 Å². The fourth-order valence-electron chi connectivity index (χ4n) is 3.48. The predicted molar refractivity (Wildman–Crippen MR) is 95.9 cm³/mol. The van der Waals surface area contributed by atoms with Crippen molar-refractivity contribution in [1.29, 1.82) is 0 Å². The number of fused-ring (bicyclic) bond motifs is 1. The van der Waals surface area contributed by atoms with Crippen molar-refractivity contribution < 1.29 is 19.5 Å². The van der Waals surface area contributed by atoms with Crippen LogP contribution in [0.5, 0.6) is 0 Å². The lowest BCUT2D eigenvalue weighted by Crippen LogP contribution is -2.56. The molecule has 0 saturated heterocycles. The van der Waals surface area contributed by atoms with Crippen LogP contribution in [0.25, 0.3) is 0 Å². The van der Waals surface area contributed by atoms with Crippen molar-refractivity contribution in [1.82, 2.24) is 5.32 Å². The van der Waals surface area contributed by atoms with Crippen LogP contribution >= 0.6 is 11.8 Å². The molecule has 0 unspecified atom stereocenters. The molecule has 1 aliphatic heterocycles. The first-order valence-electron chi connectivity index (χ1n) is 8.56. The highest BCUT2D eigenvalue weighted by molar-refractivity contribution is 8.00. The smallest absolute Gasteiger partial charge is 0.329 e. The number of amides is 2. The van der Waals surface area contributed by atoms with Crippen molar-refractivity contribution >= 4 is 35.2 Å². The zero-order chi connectivity index (χ0) is 18.0. The van der Waals surface area contributed by atoms with E-state index in [0.717, 1.165) is 24.2 Å². The summed E-state index contributed by atoms with van der Waals surface area (Å²) in [6, 6.07) is 5.07. The van der Waals surface area contributed by atoms with Crippen LogP contribution in [0.1, 0.15) is 49.4 Å².